The molecule has 0 aromatic carbocycles. The van der Waals surface area contributed by atoms with Gasteiger partial charge in [0.2, 0.25) is 0 Å². The van der Waals surface area contributed by atoms with Crippen molar-refractivity contribution in [1.29, 1.82) is 0 Å². The topological polar surface area (TPSA) is 50.7 Å². The molecule has 1 aromatic rings. The summed E-state index contributed by atoms with van der Waals surface area (Å²) in [7, 11) is 3.96. The van der Waals surface area contributed by atoms with Gasteiger partial charge in [-0.2, -0.15) is 0 Å². The molecule has 3 aliphatic rings. The molecule has 144 valence electrons. The summed E-state index contributed by atoms with van der Waals surface area (Å²) < 4.78 is 10.9. The molecule has 0 aliphatic carbocycles. The van der Waals surface area contributed by atoms with Crippen LogP contribution in [0.25, 0.3) is 0 Å². The largest absolute Gasteiger partial charge is 0.381 e. The monoisotopic (exact) mass is 360 g/mol. The van der Waals surface area contributed by atoms with Gasteiger partial charge in [0, 0.05) is 51.9 Å². The molecule has 0 unspecified atom stereocenters. The first kappa shape index (κ1) is 18.1. The third kappa shape index (κ3) is 3.59. The van der Waals surface area contributed by atoms with Crippen molar-refractivity contribution in [2.75, 3.05) is 58.5 Å². The Balaban J connectivity index is 1.66. The maximum absolute atomic E-state index is 5.59. The minimum absolute atomic E-state index is 0.309. The molecule has 0 radical (unpaired) electrons. The number of likely N-dealkylation sites (tertiary alicyclic amines) is 1. The van der Waals surface area contributed by atoms with Crippen LogP contribution in [0, 0.1) is 10.8 Å². The van der Waals surface area contributed by atoms with Gasteiger partial charge in [-0.05, 0) is 30.7 Å². The second-order valence-electron chi connectivity index (χ2n) is 9.39. The average Bonchev–Trinajstić information content (AvgIpc) is 3.06. The minimum atomic E-state index is 0.309. The van der Waals surface area contributed by atoms with Crippen molar-refractivity contribution in [3.8, 4) is 0 Å². The minimum Gasteiger partial charge on any atom is -0.381 e. The molecule has 3 aliphatic heterocycles. The highest BCUT2D eigenvalue weighted by molar-refractivity contribution is 5.43. The van der Waals surface area contributed by atoms with Crippen LogP contribution >= 0.6 is 0 Å². The van der Waals surface area contributed by atoms with Crippen molar-refractivity contribution in [1.82, 2.24) is 14.9 Å². The van der Waals surface area contributed by atoms with Gasteiger partial charge in [0.1, 0.15) is 12.4 Å². The van der Waals surface area contributed by atoms with Gasteiger partial charge < -0.3 is 19.3 Å². The molecule has 0 amide bonds. The molecule has 0 N–H and O–H groups in total. The SMILES string of the molecule is COCc1nc([C@H]2CCOC2)cc(N2C[C@]3(C)CN(C)C[C@](C)(C2)C3)n1. The van der Waals surface area contributed by atoms with E-state index in [2.05, 4.69) is 36.8 Å². The average molecular weight is 361 g/mol. The first-order chi connectivity index (χ1) is 12.4. The van der Waals surface area contributed by atoms with Crippen molar-refractivity contribution in [3.63, 3.8) is 0 Å². The first-order valence-corrected chi connectivity index (χ1v) is 9.76. The van der Waals surface area contributed by atoms with Gasteiger partial charge in [0.05, 0.1) is 12.3 Å². The van der Waals surface area contributed by atoms with E-state index < -0.39 is 0 Å². The Morgan fingerprint density at radius 2 is 1.92 bits per heavy atom. The van der Waals surface area contributed by atoms with Crippen molar-refractivity contribution in [2.45, 2.75) is 39.2 Å². The van der Waals surface area contributed by atoms with Crippen molar-refractivity contribution >= 4 is 5.82 Å². The number of ether oxygens (including phenoxy) is 2. The lowest BCUT2D eigenvalue weighted by Gasteiger charge is -2.56. The van der Waals surface area contributed by atoms with E-state index in [1.165, 1.54) is 6.42 Å². The van der Waals surface area contributed by atoms with Crippen LogP contribution in [0.3, 0.4) is 0 Å². The lowest BCUT2D eigenvalue weighted by atomic mass is 9.65. The highest BCUT2D eigenvalue weighted by Crippen LogP contribution is 2.46. The predicted octanol–water partition coefficient (Wildman–Crippen LogP) is 2.29. The van der Waals surface area contributed by atoms with Gasteiger partial charge in [0.25, 0.3) is 0 Å². The van der Waals surface area contributed by atoms with Crippen LogP contribution in [0.5, 0.6) is 0 Å². The van der Waals surface area contributed by atoms with E-state index in [-0.39, 0.29) is 0 Å². The Bertz CT molecular complexity index is 643. The van der Waals surface area contributed by atoms with Gasteiger partial charge in [-0.25, -0.2) is 9.97 Å². The molecule has 2 bridgehead atoms. The van der Waals surface area contributed by atoms with E-state index in [1.54, 1.807) is 7.11 Å². The van der Waals surface area contributed by atoms with E-state index >= 15 is 0 Å². The van der Waals surface area contributed by atoms with Crippen LogP contribution in [0.2, 0.25) is 0 Å². The predicted molar refractivity (Wildman–Crippen MR) is 101 cm³/mol. The Kier molecular flexibility index (Phi) is 4.70. The Morgan fingerprint density at radius 1 is 1.19 bits per heavy atom. The number of hydrogen-bond donors (Lipinski definition) is 0. The van der Waals surface area contributed by atoms with E-state index in [1.807, 2.05) is 0 Å². The van der Waals surface area contributed by atoms with Crippen molar-refractivity contribution in [2.24, 2.45) is 10.8 Å². The third-order valence-corrected chi connectivity index (χ3v) is 6.03. The fraction of sp³-hybridized carbons (Fsp3) is 0.800. The van der Waals surface area contributed by atoms with Crippen LogP contribution < -0.4 is 4.90 Å². The van der Waals surface area contributed by atoms with Crippen molar-refractivity contribution < 1.29 is 9.47 Å². The Morgan fingerprint density at radius 3 is 2.54 bits per heavy atom. The fourth-order valence-corrected chi connectivity index (χ4v) is 5.69. The van der Waals surface area contributed by atoms with Crippen LogP contribution in [-0.4, -0.2) is 68.4 Å². The van der Waals surface area contributed by atoms with E-state index in [4.69, 9.17) is 19.4 Å². The first-order valence-electron chi connectivity index (χ1n) is 9.76. The lowest BCUT2D eigenvalue weighted by molar-refractivity contribution is 0.00501. The Hall–Kier alpha value is -1.24. The lowest BCUT2D eigenvalue weighted by Crippen LogP contribution is -2.61. The molecular weight excluding hydrogens is 328 g/mol. The molecule has 0 saturated carbocycles. The molecule has 4 rings (SSSR count). The van der Waals surface area contributed by atoms with Gasteiger partial charge in [-0.15, -0.1) is 0 Å². The van der Waals surface area contributed by atoms with Crippen LogP contribution in [0.1, 0.15) is 44.1 Å². The second kappa shape index (κ2) is 6.73. The molecule has 1 aromatic heterocycles. The molecule has 0 spiro atoms. The zero-order valence-electron chi connectivity index (χ0n) is 16.6. The molecular formula is C20H32N4O2. The van der Waals surface area contributed by atoms with Gasteiger partial charge in [-0.1, -0.05) is 13.8 Å². The number of aromatic nitrogens is 2. The summed E-state index contributed by atoms with van der Waals surface area (Å²) in [4.78, 5) is 14.6. The molecule has 3 atom stereocenters. The molecule has 4 heterocycles. The second-order valence-corrected chi connectivity index (χ2v) is 9.39. The Labute approximate surface area is 156 Å². The zero-order valence-corrected chi connectivity index (χ0v) is 16.6. The highest BCUT2D eigenvalue weighted by Gasteiger charge is 2.47. The molecule has 3 fully saturated rings. The summed E-state index contributed by atoms with van der Waals surface area (Å²) in [6.07, 6.45) is 2.34. The van der Waals surface area contributed by atoms with Crippen LogP contribution in [0.15, 0.2) is 6.07 Å². The maximum Gasteiger partial charge on any atom is 0.156 e. The number of anilines is 1. The number of fused-ring (bicyclic) bond motifs is 2. The highest BCUT2D eigenvalue weighted by atomic mass is 16.5. The fourth-order valence-electron chi connectivity index (χ4n) is 5.69. The molecule has 3 saturated heterocycles. The normalized spacial score (nSPS) is 35.1. The summed E-state index contributed by atoms with van der Waals surface area (Å²) >= 11 is 0. The number of methoxy groups -OCH3 is 1. The number of rotatable bonds is 4. The van der Waals surface area contributed by atoms with Crippen molar-refractivity contribution in [3.05, 3.63) is 17.6 Å². The van der Waals surface area contributed by atoms with Crippen LogP contribution in [0.4, 0.5) is 5.82 Å². The summed E-state index contributed by atoms with van der Waals surface area (Å²) in [5.41, 5.74) is 1.73. The summed E-state index contributed by atoms with van der Waals surface area (Å²) in [6, 6.07) is 2.20. The number of hydrogen-bond acceptors (Lipinski definition) is 6. The maximum atomic E-state index is 5.59. The van der Waals surface area contributed by atoms with Gasteiger partial charge in [0.15, 0.2) is 5.82 Å². The molecule has 26 heavy (non-hydrogen) atoms. The number of nitrogens with zero attached hydrogens (tertiary/aromatic N) is 4. The van der Waals surface area contributed by atoms with Gasteiger partial charge in [-0.3, -0.25) is 0 Å². The quantitative estimate of drug-likeness (QED) is 0.821. The third-order valence-electron chi connectivity index (χ3n) is 6.03. The van der Waals surface area contributed by atoms with Gasteiger partial charge >= 0.3 is 0 Å². The van der Waals surface area contributed by atoms with E-state index in [9.17, 15) is 0 Å². The summed E-state index contributed by atoms with van der Waals surface area (Å²) in [5.74, 6) is 2.24. The zero-order chi connectivity index (χ0) is 18.4. The molecule has 6 nitrogen and oxygen atoms in total. The van der Waals surface area contributed by atoms with E-state index in [0.717, 1.165) is 63.1 Å². The smallest absolute Gasteiger partial charge is 0.156 e. The van der Waals surface area contributed by atoms with Crippen LogP contribution in [-0.2, 0) is 16.1 Å². The van der Waals surface area contributed by atoms with E-state index in [0.29, 0.717) is 23.4 Å². The summed E-state index contributed by atoms with van der Waals surface area (Å²) in [6.45, 7) is 11.3. The standard InChI is InChI=1S/C20H32N4O2/c1-19-10-20(2,12-23(3)11-19)14-24(13-19)18-7-16(15-5-6-26-8-15)21-17(22-18)9-25-4/h7,15H,5-6,8-14H2,1-4H3/t15-,19-,20+/m0/s1. The summed E-state index contributed by atoms with van der Waals surface area (Å²) in [5, 5.41) is 0. The number of piperidine rings is 2. The molecule has 6 heteroatoms.